The van der Waals surface area contributed by atoms with Crippen molar-refractivity contribution < 1.29 is 14.7 Å². The van der Waals surface area contributed by atoms with Crippen LogP contribution in [0.4, 0.5) is 0 Å². The zero-order chi connectivity index (χ0) is 9.30. The molecule has 0 aromatic heterocycles. The van der Waals surface area contributed by atoms with Gasteiger partial charge in [0.25, 0.3) is 0 Å². The molecule has 1 atom stereocenters. The van der Waals surface area contributed by atoms with Gasteiger partial charge in [-0.15, -0.1) is 0 Å². The SMILES string of the molecule is CC(=O)N(C)C(C(=O)O)C1CC1. The topological polar surface area (TPSA) is 57.6 Å². The number of hydrogen-bond donors (Lipinski definition) is 1. The van der Waals surface area contributed by atoms with Gasteiger partial charge in [0.2, 0.25) is 5.91 Å². The van der Waals surface area contributed by atoms with E-state index in [1.165, 1.54) is 11.8 Å². The van der Waals surface area contributed by atoms with Crippen LogP contribution in [0, 0.1) is 5.92 Å². The van der Waals surface area contributed by atoms with Crippen LogP contribution >= 0.6 is 0 Å². The number of rotatable bonds is 3. The highest BCUT2D eigenvalue weighted by molar-refractivity contribution is 5.82. The molecular formula is C8H13NO3. The van der Waals surface area contributed by atoms with Crippen molar-refractivity contribution >= 4 is 11.9 Å². The Morgan fingerprint density at radius 3 is 2.25 bits per heavy atom. The van der Waals surface area contributed by atoms with Gasteiger partial charge < -0.3 is 10.0 Å². The molecule has 1 N–H and O–H groups in total. The lowest BCUT2D eigenvalue weighted by Gasteiger charge is -2.22. The third-order valence-electron chi connectivity index (χ3n) is 2.24. The Balaban J connectivity index is 2.64. The van der Waals surface area contributed by atoms with E-state index in [1.807, 2.05) is 0 Å². The zero-order valence-electron chi connectivity index (χ0n) is 7.28. The van der Waals surface area contributed by atoms with Crippen molar-refractivity contribution in [1.82, 2.24) is 4.90 Å². The van der Waals surface area contributed by atoms with Crippen LogP contribution in [0.3, 0.4) is 0 Å². The number of aliphatic carboxylic acids is 1. The largest absolute Gasteiger partial charge is 0.480 e. The summed E-state index contributed by atoms with van der Waals surface area (Å²) in [5, 5.41) is 8.81. The van der Waals surface area contributed by atoms with E-state index in [9.17, 15) is 9.59 Å². The average molecular weight is 171 g/mol. The number of likely N-dealkylation sites (N-methyl/N-ethyl adjacent to an activating group) is 1. The van der Waals surface area contributed by atoms with E-state index in [-0.39, 0.29) is 11.8 Å². The molecule has 0 spiro atoms. The molecule has 1 aliphatic carbocycles. The van der Waals surface area contributed by atoms with Gasteiger partial charge in [0.15, 0.2) is 0 Å². The Kier molecular flexibility index (Phi) is 2.35. The minimum absolute atomic E-state index is 0.177. The van der Waals surface area contributed by atoms with Crippen molar-refractivity contribution in [2.24, 2.45) is 5.92 Å². The minimum Gasteiger partial charge on any atom is -0.480 e. The maximum Gasteiger partial charge on any atom is 0.326 e. The number of carboxylic acid groups (broad SMARTS) is 1. The van der Waals surface area contributed by atoms with Crippen LogP contribution in [0.5, 0.6) is 0 Å². The Morgan fingerprint density at radius 1 is 1.50 bits per heavy atom. The van der Waals surface area contributed by atoms with Crippen molar-refractivity contribution in [1.29, 1.82) is 0 Å². The number of nitrogens with zero attached hydrogens (tertiary/aromatic N) is 1. The molecule has 0 bridgehead atoms. The molecule has 4 nitrogen and oxygen atoms in total. The maximum absolute atomic E-state index is 10.9. The summed E-state index contributed by atoms with van der Waals surface area (Å²) in [6, 6.07) is -0.609. The van der Waals surface area contributed by atoms with Crippen molar-refractivity contribution in [3.63, 3.8) is 0 Å². The molecule has 0 saturated heterocycles. The number of carbonyl (C=O) groups is 2. The summed E-state index contributed by atoms with van der Waals surface area (Å²) in [4.78, 5) is 22.9. The van der Waals surface area contributed by atoms with Crippen LogP contribution in [0.25, 0.3) is 0 Å². The van der Waals surface area contributed by atoms with Gasteiger partial charge in [-0.3, -0.25) is 4.79 Å². The third kappa shape index (κ3) is 1.75. The molecule has 0 radical (unpaired) electrons. The first kappa shape index (κ1) is 9.03. The standard InChI is InChI=1S/C8H13NO3/c1-5(10)9(2)7(8(11)12)6-3-4-6/h6-7H,3-4H2,1-2H3,(H,11,12). The fourth-order valence-electron chi connectivity index (χ4n) is 1.29. The van der Waals surface area contributed by atoms with Crippen LogP contribution in [0.1, 0.15) is 19.8 Å². The summed E-state index contributed by atoms with van der Waals surface area (Å²) in [6.07, 6.45) is 1.85. The van der Waals surface area contributed by atoms with Crippen LogP contribution < -0.4 is 0 Å². The number of amides is 1. The van der Waals surface area contributed by atoms with E-state index in [0.717, 1.165) is 12.8 Å². The second-order valence-corrected chi connectivity index (χ2v) is 3.25. The molecule has 1 aliphatic rings. The fourth-order valence-corrected chi connectivity index (χ4v) is 1.29. The van der Waals surface area contributed by atoms with Gasteiger partial charge in [-0.2, -0.15) is 0 Å². The van der Waals surface area contributed by atoms with Gasteiger partial charge in [0.1, 0.15) is 6.04 Å². The second kappa shape index (κ2) is 3.13. The molecule has 1 rings (SSSR count). The molecule has 1 saturated carbocycles. The first-order chi connectivity index (χ1) is 5.54. The normalized spacial score (nSPS) is 18.5. The molecule has 68 valence electrons. The first-order valence-electron chi connectivity index (χ1n) is 4.00. The van der Waals surface area contributed by atoms with E-state index < -0.39 is 12.0 Å². The smallest absolute Gasteiger partial charge is 0.326 e. The van der Waals surface area contributed by atoms with E-state index in [4.69, 9.17) is 5.11 Å². The highest BCUT2D eigenvalue weighted by atomic mass is 16.4. The predicted octanol–water partition coefficient (Wildman–Crippen LogP) is 0.328. The fraction of sp³-hybridized carbons (Fsp3) is 0.750. The van der Waals surface area contributed by atoms with Gasteiger partial charge in [0, 0.05) is 14.0 Å². The zero-order valence-corrected chi connectivity index (χ0v) is 7.28. The predicted molar refractivity (Wildman–Crippen MR) is 42.6 cm³/mol. The summed E-state index contributed by atoms with van der Waals surface area (Å²) < 4.78 is 0. The molecule has 1 unspecified atom stereocenters. The highest BCUT2D eigenvalue weighted by Gasteiger charge is 2.39. The lowest BCUT2D eigenvalue weighted by molar-refractivity contribution is -0.149. The van der Waals surface area contributed by atoms with Crippen LogP contribution in [0.15, 0.2) is 0 Å². The van der Waals surface area contributed by atoms with Crippen molar-refractivity contribution in [3.05, 3.63) is 0 Å². The number of hydrogen-bond acceptors (Lipinski definition) is 2. The van der Waals surface area contributed by atoms with Crippen molar-refractivity contribution in [2.75, 3.05) is 7.05 Å². The molecule has 1 amide bonds. The third-order valence-corrected chi connectivity index (χ3v) is 2.24. The lowest BCUT2D eigenvalue weighted by Crippen LogP contribution is -2.42. The molecule has 1 fully saturated rings. The molecular weight excluding hydrogens is 158 g/mol. The van der Waals surface area contributed by atoms with Crippen LogP contribution in [-0.2, 0) is 9.59 Å². The molecule has 0 heterocycles. The monoisotopic (exact) mass is 171 g/mol. The lowest BCUT2D eigenvalue weighted by atomic mass is 10.1. The summed E-state index contributed by atoms with van der Waals surface area (Å²) in [5.41, 5.74) is 0. The first-order valence-corrected chi connectivity index (χ1v) is 4.00. The second-order valence-electron chi connectivity index (χ2n) is 3.25. The van der Waals surface area contributed by atoms with Crippen LogP contribution in [0.2, 0.25) is 0 Å². The van der Waals surface area contributed by atoms with Gasteiger partial charge in [-0.05, 0) is 18.8 Å². The van der Waals surface area contributed by atoms with E-state index in [2.05, 4.69) is 0 Å². The minimum atomic E-state index is -0.893. The summed E-state index contributed by atoms with van der Waals surface area (Å²) in [7, 11) is 1.54. The van der Waals surface area contributed by atoms with E-state index in [0.29, 0.717) is 0 Å². The summed E-state index contributed by atoms with van der Waals surface area (Å²) >= 11 is 0. The highest BCUT2D eigenvalue weighted by Crippen LogP contribution is 2.35. The Hall–Kier alpha value is -1.06. The van der Waals surface area contributed by atoms with Gasteiger partial charge in [-0.1, -0.05) is 0 Å². The molecule has 12 heavy (non-hydrogen) atoms. The molecule has 0 aromatic rings. The molecule has 0 aromatic carbocycles. The Labute approximate surface area is 71.2 Å². The van der Waals surface area contributed by atoms with Gasteiger partial charge in [-0.25, -0.2) is 4.79 Å². The van der Waals surface area contributed by atoms with Gasteiger partial charge in [0.05, 0.1) is 0 Å². The van der Waals surface area contributed by atoms with E-state index in [1.54, 1.807) is 7.05 Å². The van der Waals surface area contributed by atoms with Crippen LogP contribution in [-0.4, -0.2) is 35.0 Å². The van der Waals surface area contributed by atoms with Crippen molar-refractivity contribution in [2.45, 2.75) is 25.8 Å². The Morgan fingerprint density at radius 2 is 2.00 bits per heavy atom. The van der Waals surface area contributed by atoms with Gasteiger partial charge >= 0.3 is 5.97 Å². The maximum atomic E-state index is 10.9. The quantitative estimate of drug-likeness (QED) is 0.665. The van der Waals surface area contributed by atoms with Crippen molar-refractivity contribution in [3.8, 4) is 0 Å². The summed E-state index contributed by atoms with van der Waals surface area (Å²) in [6.45, 7) is 1.39. The molecule has 4 heteroatoms. The number of carboxylic acids is 1. The molecule has 0 aliphatic heterocycles. The summed E-state index contributed by atoms with van der Waals surface area (Å²) in [5.74, 6) is -0.902. The van der Waals surface area contributed by atoms with E-state index >= 15 is 0 Å². The average Bonchev–Trinajstić information content (AvgIpc) is 2.70. The number of carbonyl (C=O) groups excluding carboxylic acids is 1. The Bertz CT molecular complexity index is 210.